The monoisotopic (exact) mass is 449 g/mol. The van der Waals surface area contributed by atoms with Gasteiger partial charge in [-0.3, -0.25) is 4.98 Å². The maximum absolute atomic E-state index is 13.5. The molecule has 29 heavy (non-hydrogen) atoms. The third kappa shape index (κ3) is 3.26. The number of benzene rings is 1. The third-order valence-electron chi connectivity index (χ3n) is 6.29. The maximum atomic E-state index is 13.5. The average Bonchev–Trinajstić information content (AvgIpc) is 3.34. The van der Waals surface area contributed by atoms with E-state index in [-0.39, 0.29) is 9.92 Å². The van der Waals surface area contributed by atoms with Crippen LogP contribution >= 0.6 is 23.2 Å². The number of nitrogens with zero attached hydrogens (tertiary/aromatic N) is 3. The van der Waals surface area contributed by atoms with Crippen LogP contribution in [0.25, 0.3) is 10.9 Å². The van der Waals surface area contributed by atoms with Gasteiger partial charge in [-0.05, 0) is 74.5 Å². The van der Waals surface area contributed by atoms with Crippen LogP contribution in [0.5, 0.6) is 0 Å². The molecule has 4 heterocycles. The lowest BCUT2D eigenvalue weighted by atomic mass is 9.85. The van der Waals surface area contributed by atoms with Gasteiger partial charge < -0.3 is 4.90 Å². The van der Waals surface area contributed by atoms with E-state index in [1.165, 1.54) is 35.5 Å². The number of pyridine rings is 1. The molecule has 2 aliphatic heterocycles. The molecule has 0 saturated carbocycles. The Morgan fingerprint density at radius 2 is 1.97 bits per heavy atom. The second kappa shape index (κ2) is 7.27. The Hall–Kier alpha value is -1.60. The standard InChI is InChI=1S/C21H21Cl2N3O2S/c22-15-3-4-19(23)21(11-15)29(27,28)26-13-18(17-12-24-7-5-20(17)26)14-6-9-25-8-1-2-16(25)10-14/h3-5,7,11-14,16H,1-2,6,8-10H2. The normalized spacial score (nSPS) is 22.8. The van der Waals surface area contributed by atoms with E-state index in [9.17, 15) is 8.42 Å². The van der Waals surface area contributed by atoms with E-state index in [2.05, 4.69) is 9.88 Å². The van der Waals surface area contributed by atoms with Gasteiger partial charge in [0.1, 0.15) is 4.90 Å². The molecular weight excluding hydrogens is 429 g/mol. The van der Waals surface area contributed by atoms with Crippen LogP contribution in [0.1, 0.15) is 37.2 Å². The van der Waals surface area contributed by atoms with Gasteiger partial charge in [-0.15, -0.1) is 0 Å². The quantitative estimate of drug-likeness (QED) is 0.569. The molecule has 2 atom stereocenters. The van der Waals surface area contributed by atoms with Gasteiger partial charge in [0, 0.05) is 35.0 Å². The molecular formula is C21H21Cl2N3O2S. The third-order valence-corrected chi connectivity index (χ3v) is 8.68. The molecule has 152 valence electrons. The van der Waals surface area contributed by atoms with Crippen LogP contribution in [-0.4, -0.2) is 41.4 Å². The van der Waals surface area contributed by atoms with E-state index in [1.54, 1.807) is 30.7 Å². The molecule has 0 aliphatic carbocycles. The van der Waals surface area contributed by atoms with Crippen molar-refractivity contribution in [1.82, 2.24) is 13.9 Å². The molecule has 5 rings (SSSR count). The highest BCUT2D eigenvalue weighted by Gasteiger charge is 2.34. The SMILES string of the molecule is O=S(=O)(c1cc(Cl)ccc1Cl)n1cc(C2CCN3CCCC3C2)c2cnccc21. The van der Waals surface area contributed by atoms with E-state index in [1.807, 2.05) is 0 Å². The Balaban J connectivity index is 1.63. The van der Waals surface area contributed by atoms with Gasteiger partial charge in [0.2, 0.25) is 0 Å². The molecule has 2 aromatic heterocycles. The van der Waals surface area contributed by atoms with Gasteiger partial charge in [-0.2, -0.15) is 0 Å². The average molecular weight is 450 g/mol. The first-order valence-corrected chi connectivity index (χ1v) is 12.0. The molecule has 0 spiro atoms. The fourth-order valence-electron chi connectivity index (χ4n) is 4.88. The molecule has 0 N–H and O–H groups in total. The van der Waals surface area contributed by atoms with Crippen molar-refractivity contribution in [1.29, 1.82) is 0 Å². The largest absolute Gasteiger partial charge is 0.300 e. The zero-order valence-corrected chi connectivity index (χ0v) is 18.1. The first-order chi connectivity index (χ1) is 13.9. The number of fused-ring (bicyclic) bond motifs is 2. The molecule has 2 fully saturated rings. The summed E-state index contributed by atoms with van der Waals surface area (Å²) in [7, 11) is -3.89. The Morgan fingerprint density at radius 3 is 2.83 bits per heavy atom. The molecule has 8 heteroatoms. The Bertz CT molecular complexity index is 1190. The van der Waals surface area contributed by atoms with Crippen molar-refractivity contribution < 1.29 is 8.42 Å². The molecule has 0 radical (unpaired) electrons. The highest BCUT2D eigenvalue weighted by atomic mass is 35.5. The molecule has 0 amide bonds. The Labute approximate surface area is 180 Å². The zero-order chi connectivity index (χ0) is 20.2. The van der Waals surface area contributed by atoms with Crippen molar-refractivity contribution in [2.24, 2.45) is 0 Å². The minimum absolute atomic E-state index is 0.0116. The van der Waals surface area contributed by atoms with Crippen LogP contribution in [0.4, 0.5) is 0 Å². The van der Waals surface area contributed by atoms with E-state index < -0.39 is 10.0 Å². The summed E-state index contributed by atoms with van der Waals surface area (Å²) in [5.41, 5.74) is 1.68. The van der Waals surface area contributed by atoms with Crippen molar-refractivity contribution >= 4 is 44.1 Å². The molecule has 2 unspecified atom stereocenters. The predicted octanol–water partition coefficient (Wildman–Crippen LogP) is 4.92. The van der Waals surface area contributed by atoms with E-state index >= 15 is 0 Å². The van der Waals surface area contributed by atoms with Gasteiger partial charge in [0.05, 0.1) is 10.5 Å². The number of hydrogen-bond acceptors (Lipinski definition) is 4. The smallest absolute Gasteiger partial charge is 0.269 e. The molecule has 2 aliphatic rings. The first kappa shape index (κ1) is 19.4. The van der Waals surface area contributed by atoms with Crippen LogP contribution in [0.2, 0.25) is 10.0 Å². The van der Waals surface area contributed by atoms with Gasteiger partial charge in [-0.1, -0.05) is 23.2 Å². The van der Waals surface area contributed by atoms with Crippen LogP contribution in [0.15, 0.2) is 47.8 Å². The van der Waals surface area contributed by atoms with Crippen LogP contribution in [0.3, 0.4) is 0 Å². The molecule has 5 nitrogen and oxygen atoms in total. The summed E-state index contributed by atoms with van der Waals surface area (Å²) in [5, 5.41) is 1.39. The minimum atomic E-state index is -3.89. The van der Waals surface area contributed by atoms with Crippen molar-refractivity contribution in [2.75, 3.05) is 13.1 Å². The van der Waals surface area contributed by atoms with Gasteiger partial charge >= 0.3 is 0 Å². The molecule has 0 bridgehead atoms. The maximum Gasteiger partial charge on any atom is 0.269 e. The van der Waals surface area contributed by atoms with Crippen LogP contribution < -0.4 is 0 Å². The fourth-order valence-corrected chi connectivity index (χ4v) is 7.00. The molecule has 1 aromatic carbocycles. The summed E-state index contributed by atoms with van der Waals surface area (Å²) >= 11 is 12.3. The summed E-state index contributed by atoms with van der Waals surface area (Å²) in [6.07, 6.45) is 9.74. The molecule has 3 aromatic rings. The second-order valence-electron chi connectivity index (χ2n) is 7.91. The topological polar surface area (TPSA) is 55.2 Å². The van der Waals surface area contributed by atoms with Crippen molar-refractivity contribution in [3.63, 3.8) is 0 Å². The fraction of sp³-hybridized carbons (Fsp3) is 0.381. The number of hydrogen-bond donors (Lipinski definition) is 0. The van der Waals surface area contributed by atoms with Gasteiger partial charge in [-0.25, -0.2) is 12.4 Å². The lowest BCUT2D eigenvalue weighted by Gasteiger charge is -2.34. The van der Waals surface area contributed by atoms with Crippen molar-refractivity contribution in [3.8, 4) is 0 Å². The summed E-state index contributed by atoms with van der Waals surface area (Å²) < 4.78 is 28.3. The highest BCUT2D eigenvalue weighted by molar-refractivity contribution is 7.90. The number of piperidine rings is 1. The summed E-state index contributed by atoms with van der Waals surface area (Å²) in [6, 6.07) is 6.85. The van der Waals surface area contributed by atoms with E-state index in [0.29, 0.717) is 22.5 Å². The summed E-state index contributed by atoms with van der Waals surface area (Å²) in [4.78, 5) is 6.85. The number of halogens is 2. The Kier molecular flexibility index (Phi) is 4.86. The van der Waals surface area contributed by atoms with E-state index in [0.717, 1.165) is 30.3 Å². The summed E-state index contributed by atoms with van der Waals surface area (Å²) in [5.74, 6) is 0.326. The lowest BCUT2D eigenvalue weighted by molar-refractivity contribution is 0.181. The molecule has 2 saturated heterocycles. The first-order valence-electron chi connectivity index (χ1n) is 9.85. The van der Waals surface area contributed by atoms with Gasteiger partial charge in [0.15, 0.2) is 0 Å². The highest BCUT2D eigenvalue weighted by Crippen LogP contribution is 2.40. The van der Waals surface area contributed by atoms with E-state index in [4.69, 9.17) is 23.2 Å². The van der Waals surface area contributed by atoms with Gasteiger partial charge in [0.25, 0.3) is 10.0 Å². The lowest BCUT2D eigenvalue weighted by Crippen LogP contribution is -2.37. The predicted molar refractivity (Wildman–Crippen MR) is 115 cm³/mol. The van der Waals surface area contributed by atoms with Crippen LogP contribution in [-0.2, 0) is 10.0 Å². The van der Waals surface area contributed by atoms with Crippen molar-refractivity contribution in [3.05, 3.63) is 58.5 Å². The zero-order valence-electron chi connectivity index (χ0n) is 15.8. The minimum Gasteiger partial charge on any atom is -0.300 e. The summed E-state index contributed by atoms with van der Waals surface area (Å²) in [6.45, 7) is 2.25. The second-order valence-corrected chi connectivity index (χ2v) is 10.5. The number of aromatic nitrogens is 2. The van der Waals surface area contributed by atoms with Crippen molar-refractivity contribution in [2.45, 2.75) is 42.5 Å². The van der Waals surface area contributed by atoms with Crippen LogP contribution in [0, 0.1) is 0 Å². The number of rotatable bonds is 3. The Morgan fingerprint density at radius 1 is 1.10 bits per heavy atom.